The number of hydrogen-bond donors (Lipinski definition) is 2. The first-order chi connectivity index (χ1) is 11.8. The molecule has 0 fully saturated rings. The second kappa shape index (κ2) is 9.44. The number of benzene rings is 2. The smallest absolute Gasteiger partial charge is 0.221 e. The third-order valence-corrected chi connectivity index (χ3v) is 4.29. The second-order valence-electron chi connectivity index (χ2n) is 6.10. The lowest BCUT2D eigenvalue weighted by Gasteiger charge is -2.18. The van der Waals surface area contributed by atoms with E-state index in [4.69, 9.17) is 4.74 Å². The van der Waals surface area contributed by atoms with Gasteiger partial charge in [0, 0.05) is 19.5 Å². The van der Waals surface area contributed by atoms with Crippen LogP contribution in [-0.4, -0.2) is 26.1 Å². The Morgan fingerprint density at radius 3 is 2.64 bits per heavy atom. The number of ether oxygens (including phenoxy) is 1. The Labute approximate surface area is 155 Å². The van der Waals surface area contributed by atoms with Crippen LogP contribution in [0.2, 0.25) is 0 Å². The van der Waals surface area contributed by atoms with E-state index in [2.05, 4.69) is 53.1 Å². The van der Waals surface area contributed by atoms with E-state index >= 15 is 0 Å². The summed E-state index contributed by atoms with van der Waals surface area (Å²) in [7, 11) is 1.85. The van der Waals surface area contributed by atoms with Crippen LogP contribution >= 0.6 is 12.4 Å². The summed E-state index contributed by atoms with van der Waals surface area (Å²) < 4.78 is 5.67. The third kappa shape index (κ3) is 5.21. The highest BCUT2D eigenvalue weighted by Gasteiger charge is 2.11. The molecule has 4 nitrogen and oxygen atoms in total. The van der Waals surface area contributed by atoms with Gasteiger partial charge in [-0.1, -0.05) is 30.3 Å². The van der Waals surface area contributed by atoms with Crippen molar-refractivity contribution in [2.75, 3.05) is 20.2 Å². The number of amides is 1. The van der Waals surface area contributed by atoms with Gasteiger partial charge in [0.05, 0.1) is 6.61 Å². The van der Waals surface area contributed by atoms with Crippen molar-refractivity contribution in [3.8, 4) is 16.9 Å². The van der Waals surface area contributed by atoms with Gasteiger partial charge in [0.25, 0.3) is 0 Å². The molecule has 0 radical (unpaired) electrons. The van der Waals surface area contributed by atoms with E-state index in [1.165, 1.54) is 16.7 Å². The highest BCUT2D eigenvalue weighted by Crippen LogP contribution is 2.30. The van der Waals surface area contributed by atoms with Crippen LogP contribution in [0.4, 0.5) is 0 Å². The van der Waals surface area contributed by atoms with Crippen molar-refractivity contribution in [3.63, 3.8) is 0 Å². The molecule has 0 unspecified atom stereocenters. The fraction of sp³-hybridized carbons (Fsp3) is 0.350. The molecule has 3 rings (SSSR count). The van der Waals surface area contributed by atoms with Crippen LogP contribution in [0.15, 0.2) is 42.5 Å². The van der Waals surface area contributed by atoms with E-state index in [0.717, 1.165) is 30.8 Å². The van der Waals surface area contributed by atoms with Gasteiger partial charge in [0.1, 0.15) is 5.75 Å². The third-order valence-electron chi connectivity index (χ3n) is 4.29. The van der Waals surface area contributed by atoms with Crippen LogP contribution in [0, 0.1) is 0 Å². The van der Waals surface area contributed by atoms with Gasteiger partial charge in [-0.3, -0.25) is 4.79 Å². The van der Waals surface area contributed by atoms with Crippen LogP contribution < -0.4 is 15.4 Å². The van der Waals surface area contributed by atoms with E-state index in [-0.39, 0.29) is 18.3 Å². The minimum atomic E-state index is 0. The average molecular weight is 361 g/mol. The number of carbonyl (C=O) groups excluding carboxylic acids is 1. The molecule has 0 aliphatic carbocycles. The van der Waals surface area contributed by atoms with Crippen molar-refractivity contribution in [2.45, 2.75) is 25.8 Å². The number of fused-ring (bicyclic) bond motifs is 1. The first-order valence-corrected chi connectivity index (χ1v) is 8.52. The molecule has 0 saturated heterocycles. The van der Waals surface area contributed by atoms with Gasteiger partial charge in [-0.25, -0.2) is 0 Å². The van der Waals surface area contributed by atoms with Crippen molar-refractivity contribution >= 4 is 18.3 Å². The van der Waals surface area contributed by atoms with Crippen LogP contribution in [0.1, 0.15) is 24.0 Å². The summed E-state index contributed by atoms with van der Waals surface area (Å²) in [5, 5.41) is 5.91. The van der Waals surface area contributed by atoms with Crippen molar-refractivity contribution < 1.29 is 9.53 Å². The van der Waals surface area contributed by atoms with Gasteiger partial charge < -0.3 is 15.4 Å². The zero-order valence-corrected chi connectivity index (χ0v) is 15.3. The maximum absolute atomic E-state index is 11.6. The van der Waals surface area contributed by atoms with Crippen molar-refractivity contribution in [2.24, 2.45) is 0 Å². The normalized spacial score (nSPS) is 12.5. The highest BCUT2D eigenvalue weighted by molar-refractivity contribution is 5.85. The molecule has 1 heterocycles. The van der Waals surface area contributed by atoms with E-state index < -0.39 is 0 Å². The minimum Gasteiger partial charge on any atom is -0.493 e. The second-order valence-corrected chi connectivity index (χ2v) is 6.10. The zero-order chi connectivity index (χ0) is 16.8. The molecule has 134 valence electrons. The Bertz CT molecular complexity index is 701. The number of hydrogen-bond acceptors (Lipinski definition) is 3. The Balaban J connectivity index is 0.00000225. The maximum atomic E-state index is 11.6. The molecule has 0 saturated carbocycles. The molecule has 2 aromatic rings. The van der Waals surface area contributed by atoms with Crippen LogP contribution in [0.3, 0.4) is 0 Å². The summed E-state index contributed by atoms with van der Waals surface area (Å²) in [6, 6.07) is 14.8. The molecule has 0 spiro atoms. The molecule has 25 heavy (non-hydrogen) atoms. The molecule has 1 aliphatic heterocycles. The van der Waals surface area contributed by atoms with Gasteiger partial charge in [0.2, 0.25) is 5.91 Å². The summed E-state index contributed by atoms with van der Waals surface area (Å²) >= 11 is 0. The van der Waals surface area contributed by atoms with E-state index in [1.807, 2.05) is 7.05 Å². The van der Waals surface area contributed by atoms with Gasteiger partial charge >= 0.3 is 0 Å². The number of nitrogens with one attached hydrogen (secondary N) is 2. The summed E-state index contributed by atoms with van der Waals surface area (Å²) in [6.45, 7) is 2.09. The van der Waals surface area contributed by atoms with Crippen molar-refractivity contribution in [1.29, 1.82) is 0 Å². The van der Waals surface area contributed by atoms with Crippen molar-refractivity contribution in [3.05, 3.63) is 53.6 Å². The van der Waals surface area contributed by atoms with Gasteiger partial charge in [-0.15, -0.1) is 12.4 Å². The van der Waals surface area contributed by atoms with Crippen LogP contribution in [-0.2, 0) is 17.8 Å². The zero-order valence-electron chi connectivity index (χ0n) is 14.5. The summed E-state index contributed by atoms with van der Waals surface area (Å²) in [4.78, 5) is 11.6. The number of rotatable bonds is 6. The Kier molecular flexibility index (Phi) is 7.29. The lowest BCUT2D eigenvalue weighted by molar-refractivity contribution is -0.121. The van der Waals surface area contributed by atoms with Gasteiger partial charge in [-0.05, 0) is 54.3 Å². The number of halogens is 1. The maximum Gasteiger partial charge on any atom is 0.221 e. The fourth-order valence-electron chi connectivity index (χ4n) is 2.88. The predicted octanol–water partition coefficient (Wildman–Crippen LogP) is 3.33. The predicted molar refractivity (Wildman–Crippen MR) is 103 cm³/mol. The summed E-state index contributed by atoms with van der Waals surface area (Å²) in [6.07, 6.45) is 2.67. The van der Waals surface area contributed by atoms with E-state index in [9.17, 15) is 4.79 Å². The molecule has 2 aromatic carbocycles. The SMILES string of the molecule is CNCCC(=O)NCc1ccc(-c2ccc3c(c2)CCCO3)cc1.Cl. The Hall–Kier alpha value is -2.04. The molecule has 1 aliphatic rings. The first-order valence-electron chi connectivity index (χ1n) is 8.52. The highest BCUT2D eigenvalue weighted by atomic mass is 35.5. The Morgan fingerprint density at radius 1 is 1.12 bits per heavy atom. The van der Waals surface area contributed by atoms with E-state index in [0.29, 0.717) is 19.5 Å². The lowest BCUT2D eigenvalue weighted by atomic mass is 9.98. The topological polar surface area (TPSA) is 50.4 Å². The fourth-order valence-corrected chi connectivity index (χ4v) is 2.88. The largest absolute Gasteiger partial charge is 0.493 e. The van der Waals surface area contributed by atoms with Gasteiger partial charge in [0.15, 0.2) is 0 Å². The molecule has 5 heteroatoms. The Morgan fingerprint density at radius 2 is 1.88 bits per heavy atom. The summed E-state index contributed by atoms with van der Waals surface area (Å²) in [5.41, 5.74) is 4.80. The van der Waals surface area contributed by atoms with Crippen molar-refractivity contribution in [1.82, 2.24) is 10.6 Å². The summed E-state index contributed by atoms with van der Waals surface area (Å²) in [5.74, 6) is 1.09. The molecule has 0 bridgehead atoms. The monoisotopic (exact) mass is 360 g/mol. The standard InChI is InChI=1S/C20H24N2O2.ClH/c1-21-11-10-20(23)22-14-15-4-6-16(7-5-15)17-8-9-19-18(13-17)3-2-12-24-19;/h4-9,13,21H,2-3,10-12,14H2,1H3,(H,22,23);1H. The quantitative estimate of drug-likeness (QED) is 0.830. The van der Waals surface area contributed by atoms with E-state index in [1.54, 1.807) is 0 Å². The number of aryl methyl sites for hydroxylation is 1. The molecule has 1 amide bonds. The average Bonchev–Trinajstić information content (AvgIpc) is 2.64. The minimum absolute atomic E-state index is 0. The van der Waals surface area contributed by atoms with Crippen LogP contribution in [0.5, 0.6) is 5.75 Å². The molecular weight excluding hydrogens is 336 g/mol. The first kappa shape index (κ1) is 19.3. The van der Waals surface area contributed by atoms with Crippen LogP contribution in [0.25, 0.3) is 11.1 Å². The van der Waals surface area contributed by atoms with Gasteiger partial charge in [-0.2, -0.15) is 0 Å². The molecular formula is C20H25ClN2O2. The molecule has 2 N–H and O–H groups in total. The molecule has 0 aromatic heterocycles. The lowest BCUT2D eigenvalue weighted by Crippen LogP contribution is -2.26. The number of carbonyl (C=O) groups is 1. The molecule has 0 atom stereocenters.